The van der Waals surface area contributed by atoms with Crippen molar-refractivity contribution in [3.63, 3.8) is 0 Å². The molecule has 2 aromatic carbocycles. The Morgan fingerprint density at radius 3 is 2.56 bits per heavy atom. The maximum absolute atomic E-state index is 15.3. The van der Waals surface area contributed by atoms with E-state index in [0.717, 1.165) is 49.1 Å². The van der Waals surface area contributed by atoms with Crippen LogP contribution in [0, 0.1) is 16.6 Å². The topological polar surface area (TPSA) is 104 Å². The Kier molecular flexibility index (Phi) is 6.58. The van der Waals surface area contributed by atoms with Crippen LogP contribution in [0.15, 0.2) is 46.5 Å². The van der Waals surface area contributed by atoms with E-state index < -0.39 is 23.3 Å². The van der Waals surface area contributed by atoms with Gasteiger partial charge in [0.15, 0.2) is 0 Å². The molecular formula is C29H31FN4O5. The Hall–Kier alpha value is -3.79. The lowest BCUT2D eigenvalue weighted by atomic mass is 9.79. The van der Waals surface area contributed by atoms with Gasteiger partial charge in [0.05, 0.1) is 18.3 Å². The van der Waals surface area contributed by atoms with Crippen LogP contribution in [0.3, 0.4) is 0 Å². The molecule has 1 N–H and O–H groups in total. The van der Waals surface area contributed by atoms with Crippen LogP contribution in [0.25, 0.3) is 10.9 Å². The number of anilines is 1. The second-order valence-corrected chi connectivity index (χ2v) is 10.8. The zero-order valence-electron chi connectivity index (χ0n) is 21.8. The summed E-state index contributed by atoms with van der Waals surface area (Å²) in [6, 6.07) is 8.44. The number of nitroso groups, excluding NO2 is 1. The third-order valence-corrected chi connectivity index (χ3v) is 8.49. The predicted octanol–water partition coefficient (Wildman–Crippen LogP) is 4.37. The highest BCUT2D eigenvalue weighted by Crippen LogP contribution is 2.40. The van der Waals surface area contributed by atoms with Crippen molar-refractivity contribution in [3.8, 4) is 5.75 Å². The lowest BCUT2D eigenvalue weighted by molar-refractivity contribution is 0.0695. The molecule has 1 saturated carbocycles. The van der Waals surface area contributed by atoms with Gasteiger partial charge in [0.25, 0.3) is 0 Å². The maximum atomic E-state index is 15.3. The number of aromatic carboxylic acids is 1. The van der Waals surface area contributed by atoms with Crippen LogP contribution in [0.1, 0.15) is 52.8 Å². The Morgan fingerprint density at radius 1 is 1.13 bits per heavy atom. The number of ether oxygens (including phenoxy) is 1. The predicted molar refractivity (Wildman–Crippen MR) is 145 cm³/mol. The van der Waals surface area contributed by atoms with E-state index >= 15 is 4.39 Å². The zero-order valence-corrected chi connectivity index (χ0v) is 21.8. The van der Waals surface area contributed by atoms with Crippen LogP contribution in [0.2, 0.25) is 0 Å². The fourth-order valence-electron chi connectivity index (χ4n) is 6.21. The molecule has 204 valence electrons. The SMILES string of the molecule is COc1ccc2c(c1)CCC(CN1CCN(c3cc4c(cc3F)c(=O)c(C(=O)O)cn4C3CC3)CC1)C2N=O. The normalized spacial score (nSPS) is 21.5. The molecule has 2 heterocycles. The molecule has 1 aromatic heterocycles. The third kappa shape index (κ3) is 4.67. The Morgan fingerprint density at radius 2 is 1.90 bits per heavy atom. The molecule has 2 aliphatic carbocycles. The molecule has 2 fully saturated rings. The van der Waals surface area contributed by atoms with Crippen LogP contribution >= 0.6 is 0 Å². The number of carbonyl (C=O) groups is 1. The molecule has 39 heavy (non-hydrogen) atoms. The van der Waals surface area contributed by atoms with Gasteiger partial charge in [0.1, 0.15) is 23.2 Å². The van der Waals surface area contributed by atoms with Gasteiger partial charge in [-0.1, -0.05) is 11.2 Å². The zero-order chi connectivity index (χ0) is 27.3. The largest absolute Gasteiger partial charge is 0.497 e. The number of aryl methyl sites for hydroxylation is 1. The molecule has 2 unspecified atom stereocenters. The minimum absolute atomic E-state index is 0.101. The summed E-state index contributed by atoms with van der Waals surface area (Å²) in [6.07, 6.45) is 4.95. The third-order valence-electron chi connectivity index (χ3n) is 8.49. The van der Waals surface area contributed by atoms with E-state index in [1.165, 1.54) is 12.3 Å². The van der Waals surface area contributed by atoms with Gasteiger partial charge >= 0.3 is 5.97 Å². The minimum atomic E-state index is -1.30. The van der Waals surface area contributed by atoms with E-state index in [2.05, 4.69) is 10.1 Å². The van der Waals surface area contributed by atoms with Crippen molar-refractivity contribution in [1.29, 1.82) is 0 Å². The number of methoxy groups -OCH3 is 1. The van der Waals surface area contributed by atoms with E-state index in [0.29, 0.717) is 37.4 Å². The summed E-state index contributed by atoms with van der Waals surface area (Å²) in [6.45, 7) is 3.37. The average Bonchev–Trinajstić information content (AvgIpc) is 3.79. The van der Waals surface area contributed by atoms with E-state index in [4.69, 9.17) is 4.74 Å². The number of pyridine rings is 1. The highest BCUT2D eigenvalue weighted by Gasteiger charge is 2.33. The Labute approximate surface area is 224 Å². The second-order valence-electron chi connectivity index (χ2n) is 10.8. The van der Waals surface area contributed by atoms with E-state index in [1.54, 1.807) is 13.2 Å². The molecule has 1 aliphatic heterocycles. The van der Waals surface area contributed by atoms with Gasteiger partial charge in [-0.05, 0) is 61.1 Å². The number of benzene rings is 2. The average molecular weight is 535 g/mol. The first-order valence-electron chi connectivity index (χ1n) is 13.5. The lowest BCUT2D eigenvalue weighted by Crippen LogP contribution is -2.48. The summed E-state index contributed by atoms with van der Waals surface area (Å²) in [5.41, 5.74) is 2.10. The van der Waals surface area contributed by atoms with Gasteiger partial charge < -0.3 is 19.3 Å². The minimum Gasteiger partial charge on any atom is -0.497 e. The van der Waals surface area contributed by atoms with Crippen LogP contribution in [-0.4, -0.2) is 60.4 Å². The molecule has 2 atom stereocenters. The summed E-state index contributed by atoms with van der Waals surface area (Å²) in [4.78, 5) is 40.6. The number of hydrogen-bond acceptors (Lipinski definition) is 7. The molecular weight excluding hydrogens is 503 g/mol. The molecule has 0 radical (unpaired) electrons. The van der Waals surface area contributed by atoms with E-state index in [1.807, 2.05) is 27.7 Å². The molecule has 3 aromatic rings. The number of aromatic nitrogens is 1. The number of carboxylic acids is 1. The standard InChI is InChI=1S/C29H31FN4O5/c1-39-20-6-7-21-17(12-20)2-3-18(27(21)31-38)15-32-8-10-33(11-9-32)26-14-25-22(13-24(26)30)28(35)23(29(36)37)16-34(25)19-4-5-19/h6-7,12-14,16,18-19,27H,2-5,8-11,15H2,1H3,(H,36,37). The first kappa shape index (κ1) is 25.5. The molecule has 10 heteroatoms. The molecule has 0 amide bonds. The number of rotatable bonds is 7. The van der Waals surface area contributed by atoms with E-state index in [9.17, 15) is 19.6 Å². The van der Waals surface area contributed by atoms with Gasteiger partial charge in [-0.15, -0.1) is 0 Å². The van der Waals surface area contributed by atoms with Gasteiger partial charge in [-0.2, -0.15) is 4.91 Å². The number of halogens is 1. The first-order chi connectivity index (χ1) is 18.9. The van der Waals surface area contributed by atoms with Crippen LogP contribution in [-0.2, 0) is 6.42 Å². The fourth-order valence-corrected chi connectivity index (χ4v) is 6.21. The van der Waals surface area contributed by atoms with Crippen LogP contribution < -0.4 is 15.1 Å². The van der Waals surface area contributed by atoms with Crippen molar-refractivity contribution >= 4 is 22.6 Å². The Balaban J connectivity index is 1.19. The van der Waals surface area contributed by atoms with Crippen molar-refractivity contribution < 1.29 is 19.0 Å². The smallest absolute Gasteiger partial charge is 0.341 e. The van der Waals surface area contributed by atoms with Crippen molar-refractivity contribution in [2.45, 2.75) is 37.8 Å². The quantitative estimate of drug-likeness (QED) is 0.449. The van der Waals surface area contributed by atoms with Crippen molar-refractivity contribution in [2.75, 3.05) is 44.7 Å². The van der Waals surface area contributed by atoms with Gasteiger partial charge in [-0.25, -0.2) is 9.18 Å². The molecule has 6 rings (SSSR count). The van der Waals surface area contributed by atoms with Gasteiger partial charge in [0, 0.05) is 56.3 Å². The van der Waals surface area contributed by atoms with Crippen LogP contribution in [0.5, 0.6) is 5.75 Å². The molecule has 1 saturated heterocycles. The molecule has 0 spiro atoms. The first-order valence-corrected chi connectivity index (χ1v) is 13.5. The number of carboxylic acid groups (broad SMARTS) is 1. The number of piperazine rings is 1. The summed E-state index contributed by atoms with van der Waals surface area (Å²) in [7, 11) is 1.63. The number of nitrogens with zero attached hydrogens (tertiary/aromatic N) is 4. The summed E-state index contributed by atoms with van der Waals surface area (Å²) in [5.74, 6) is -0.929. The van der Waals surface area contributed by atoms with Crippen molar-refractivity contribution in [3.05, 3.63) is 74.2 Å². The fraction of sp³-hybridized carbons (Fsp3) is 0.448. The molecule has 3 aliphatic rings. The lowest BCUT2D eigenvalue weighted by Gasteiger charge is -2.39. The number of hydrogen-bond donors (Lipinski definition) is 1. The molecule has 0 bridgehead atoms. The van der Waals surface area contributed by atoms with Crippen LogP contribution in [0.4, 0.5) is 10.1 Å². The monoisotopic (exact) mass is 534 g/mol. The van der Waals surface area contributed by atoms with Gasteiger partial charge in [0.2, 0.25) is 5.43 Å². The number of fused-ring (bicyclic) bond motifs is 2. The summed E-state index contributed by atoms with van der Waals surface area (Å²) in [5, 5.41) is 13.1. The highest BCUT2D eigenvalue weighted by atomic mass is 19.1. The second kappa shape index (κ2) is 10.1. The van der Waals surface area contributed by atoms with Crippen molar-refractivity contribution in [1.82, 2.24) is 9.47 Å². The highest BCUT2D eigenvalue weighted by molar-refractivity contribution is 5.93. The summed E-state index contributed by atoms with van der Waals surface area (Å²) >= 11 is 0. The molecule has 9 nitrogen and oxygen atoms in total. The van der Waals surface area contributed by atoms with Crippen molar-refractivity contribution in [2.24, 2.45) is 11.1 Å². The van der Waals surface area contributed by atoms with Gasteiger partial charge in [-0.3, -0.25) is 9.69 Å². The van der Waals surface area contributed by atoms with E-state index in [-0.39, 0.29) is 22.9 Å². The Bertz CT molecular complexity index is 1510. The maximum Gasteiger partial charge on any atom is 0.341 e. The summed E-state index contributed by atoms with van der Waals surface area (Å²) < 4.78 is 22.5.